The molecule has 2 aromatic rings. The van der Waals surface area contributed by atoms with Crippen molar-refractivity contribution in [2.24, 2.45) is 0 Å². The van der Waals surface area contributed by atoms with E-state index >= 15 is 4.39 Å². The van der Waals surface area contributed by atoms with E-state index in [1.54, 1.807) is 41.3 Å². The first-order valence-corrected chi connectivity index (χ1v) is 11.5. The van der Waals surface area contributed by atoms with Crippen LogP contribution in [0.5, 0.6) is 0 Å². The van der Waals surface area contributed by atoms with Gasteiger partial charge in [-0.3, -0.25) is 4.79 Å². The highest BCUT2D eigenvalue weighted by molar-refractivity contribution is 6.30. The number of likely N-dealkylation sites (N-methyl/N-ethyl adjacent to an activating group) is 1. The maximum atomic E-state index is 15.0. The van der Waals surface area contributed by atoms with E-state index in [-0.39, 0.29) is 11.7 Å². The lowest BCUT2D eigenvalue weighted by Gasteiger charge is -2.33. The number of hydrogen-bond donors (Lipinski definition) is 2. The number of amides is 3. The minimum atomic E-state index is -0.673. The van der Waals surface area contributed by atoms with E-state index in [1.807, 2.05) is 19.0 Å². The number of anilines is 3. The number of nitrogens with one attached hydrogen (secondary N) is 2. The van der Waals surface area contributed by atoms with Crippen LogP contribution in [-0.2, 0) is 4.79 Å². The molecule has 0 spiro atoms. The van der Waals surface area contributed by atoms with E-state index in [4.69, 9.17) is 11.6 Å². The van der Waals surface area contributed by atoms with Gasteiger partial charge in [-0.1, -0.05) is 11.6 Å². The average molecular weight is 474 g/mol. The number of hydrogen-bond acceptors (Lipinski definition) is 4. The Labute approximate surface area is 198 Å². The highest BCUT2D eigenvalue weighted by Crippen LogP contribution is 2.30. The summed E-state index contributed by atoms with van der Waals surface area (Å²) in [6.45, 7) is 2.07. The van der Waals surface area contributed by atoms with Gasteiger partial charge in [-0.15, -0.1) is 0 Å². The van der Waals surface area contributed by atoms with E-state index < -0.39 is 12.1 Å². The molecule has 2 aliphatic rings. The fraction of sp³-hybridized carbons (Fsp3) is 0.417. The Morgan fingerprint density at radius 2 is 1.88 bits per heavy atom. The van der Waals surface area contributed by atoms with Gasteiger partial charge in [0, 0.05) is 42.1 Å². The van der Waals surface area contributed by atoms with Gasteiger partial charge >= 0.3 is 6.03 Å². The van der Waals surface area contributed by atoms with Crippen LogP contribution in [0.3, 0.4) is 0 Å². The summed E-state index contributed by atoms with van der Waals surface area (Å²) in [5.41, 5.74) is 1.65. The van der Waals surface area contributed by atoms with Crippen molar-refractivity contribution in [1.82, 2.24) is 10.2 Å². The molecule has 7 nitrogen and oxygen atoms in total. The monoisotopic (exact) mass is 473 g/mol. The van der Waals surface area contributed by atoms with Gasteiger partial charge in [-0.05, 0) is 75.8 Å². The summed E-state index contributed by atoms with van der Waals surface area (Å²) in [6.07, 6.45) is 2.23. The first-order valence-electron chi connectivity index (χ1n) is 11.2. The van der Waals surface area contributed by atoms with E-state index in [0.717, 1.165) is 19.5 Å². The minimum absolute atomic E-state index is 0.242. The Morgan fingerprint density at radius 3 is 2.55 bits per heavy atom. The van der Waals surface area contributed by atoms with Crippen LogP contribution >= 0.6 is 11.6 Å². The molecule has 1 unspecified atom stereocenters. The van der Waals surface area contributed by atoms with Crippen molar-refractivity contribution in [3.63, 3.8) is 0 Å². The number of rotatable bonds is 5. The third kappa shape index (κ3) is 5.39. The Hall–Kier alpha value is -2.84. The van der Waals surface area contributed by atoms with Gasteiger partial charge in [-0.2, -0.15) is 0 Å². The molecule has 2 aliphatic heterocycles. The topological polar surface area (TPSA) is 67.9 Å². The molecule has 0 aromatic heterocycles. The van der Waals surface area contributed by atoms with E-state index in [9.17, 15) is 9.59 Å². The average Bonchev–Trinajstić information content (AvgIpc) is 3.27. The normalized spacial score (nSPS) is 20.9. The molecule has 0 radical (unpaired) electrons. The van der Waals surface area contributed by atoms with Crippen molar-refractivity contribution in [3.8, 4) is 0 Å². The van der Waals surface area contributed by atoms with Gasteiger partial charge < -0.3 is 25.3 Å². The number of piperidine rings is 1. The van der Waals surface area contributed by atoms with Crippen molar-refractivity contribution >= 4 is 40.6 Å². The first kappa shape index (κ1) is 23.3. The van der Waals surface area contributed by atoms with Gasteiger partial charge in [-0.25, -0.2) is 9.18 Å². The molecule has 0 aliphatic carbocycles. The predicted octanol–water partition coefficient (Wildman–Crippen LogP) is 3.94. The standard InChI is InChI=1S/C24H29ClFN5O2/c1-29(2)19-11-13-30(15-19)22-10-9-18(14-20(22)26)31-12-3-4-21(23(31)32)28-24(33)27-17-7-5-16(25)6-8-17/h5-10,14,19,21H,3-4,11-13,15H2,1-2H3,(H2,27,28,33)/t19?,21-/m1/s1. The molecule has 2 saturated heterocycles. The third-order valence-corrected chi connectivity index (χ3v) is 6.58. The van der Waals surface area contributed by atoms with Crippen molar-refractivity contribution in [2.45, 2.75) is 31.3 Å². The summed E-state index contributed by atoms with van der Waals surface area (Å²) in [4.78, 5) is 31.2. The van der Waals surface area contributed by atoms with Crippen molar-refractivity contribution < 1.29 is 14.0 Å². The number of halogens is 2. The zero-order chi connectivity index (χ0) is 23.5. The SMILES string of the molecule is CN(C)C1CCN(c2ccc(N3CCC[C@@H](NC(=O)Nc4ccc(Cl)cc4)C3=O)cc2F)C1. The first-order chi connectivity index (χ1) is 15.8. The molecule has 4 rings (SSSR count). The number of carbonyl (C=O) groups is 2. The van der Waals surface area contributed by atoms with Crippen molar-refractivity contribution in [3.05, 3.63) is 53.3 Å². The van der Waals surface area contributed by atoms with Crippen LogP contribution in [0.4, 0.5) is 26.2 Å². The summed E-state index contributed by atoms with van der Waals surface area (Å²) in [7, 11) is 4.07. The molecule has 9 heteroatoms. The lowest BCUT2D eigenvalue weighted by Crippen LogP contribution is -2.53. The van der Waals surface area contributed by atoms with Crippen LogP contribution in [0.1, 0.15) is 19.3 Å². The largest absolute Gasteiger partial charge is 0.368 e. The molecule has 2 N–H and O–H groups in total. The highest BCUT2D eigenvalue weighted by Gasteiger charge is 2.32. The van der Waals surface area contributed by atoms with Gasteiger partial charge in [0.25, 0.3) is 0 Å². The number of benzene rings is 2. The molecular formula is C24H29ClFN5O2. The lowest BCUT2D eigenvalue weighted by molar-refractivity contribution is -0.121. The second kappa shape index (κ2) is 9.97. The predicted molar refractivity (Wildman–Crippen MR) is 130 cm³/mol. The van der Waals surface area contributed by atoms with Crippen LogP contribution in [-0.4, -0.2) is 62.7 Å². The highest BCUT2D eigenvalue weighted by atomic mass is 35.5. The van der Waals surface area contributed by atoms with E-state index in [1.165, 1.54) is 6.07 Å². The molecule has 2 aromatic carbocycles. The Kier molecular flexibility index (Phi) is 7.05. The second-order valence-corrected chi connectivity index (χ2v) is 9.21. The minimum Gasteiger partial charge on any atom is -0.368 e. The maximum absolute atomic E-state index is 15.0. The Balaban J connectivity index is 1.40. The molecule has 3 amide bonds. The smallest absolute Gasteiger partial charge is 0.319 e. The summed E-state index contributed by atoms with van der Waals surface area (Å²) in [6, 6.07) is 10.9. The van der Waals surface area contributed by atoms with Crippen LogP contribution < -0.4 is 20.4 Å². The molecule has 2 heterocycles. The van der Waals surface area contributed by atoms with Crippen molar-refractivity contribution in [2.75, 3.05) is 48.8 Å². The lowest BCUT2D eigenvalue weighted by atomic mass is 10.0. The second-order valence-electron chi connectivity index (χ2n) is 8.78. The van der Waals surface area contributed by atoms with Crippen LogP contribution in [0.2, 0.25) is 5.02 Å². The van der Waals surface area contributed by atoms with Gasteiger partial charge in [0.2, 0.25) is 5.91 Å². The summed E-state index contributed by atoms with van der Waals surface area (Å²) < 4.78 is 15.0. The zero-order valence-corrected chi connectivity index (χ0v) is 19.6. The fourth-order valence-corrected chi connectivity index (χ4v) is 4.55. The van der Waals surface area contributed by atoms with Gasteiger partial charge in [0.15, 0.2) is 0 Å². The zero-order valence-electron chi connectivity index (χ0n) is 18.9. The summed E-state index contributed by atoms with van der Waals surface area (Å²) in [5, 5.41) is 6.01. The fourth-order valence-electron chi connectivity index (χ4n) is 4.43. The number of nitrogens with zero attached hydrogens (tertiary/aromatic N) is 3. The molecule has 2 atom stereocenters. The molecular weight excluding hydrogens is 445 g/mol. The molecule has 0 saturated carbocycles. The van der Waals surface area contributed by atoms with E-state index in [0.29, 0.717) is 47.5 Å². The van der Waals surface area contributed by atoms with Crippen LogP contribution in [0.25, 0.3) is 0 Å². The number of urea groups is 1. The summed E-state index contributed by atoms with van der Waals surface area (Å²) in [5.74, 6) is -0.580. The molecule has 33 heavy (non-hydrogen) atoms. The van der Waals surface area contributed by atoms with E-state index in [2.05, 4.69) is 15.5 Å². The number of carbonyl (C=O) groups excluding carboxylic acids is 2. The van der Waals surface area contributed by atoms with Crippen molar-refractivity contribution in [1.29, 1.82) is 0 Å². The Bertz CT molecular complexity index is 1020. The molecule has 2 fully saturated rings. The van der Waals surface area contributed by atoms with Crippen LogP contribution in [0, 0.1) is 5.82 Å². The van der Waals surface area contributed by atoms with Gasteiger partial charge in [0.05, 0.1) is 5.69 Å². The summed E-state index contributed by atoms with van der Waals surface area (Å²) >= 11 is 5.86. The molecule has 0 bridgehead atoms. The maximum Gasteiger partial charge on any atom is 0.319 e. The van der Waals surface area contributed by atoms with Crippen LogP contribution in [0.15, 0.2) is 42.5 Å². The quantitative estimate of drug-likeness (QED) is 0.690. The molecule has 176 valence electrons. The Morgan fingerprint density at radius 1 is 1.12 bits per heavy atom. The third-order valence-electron chi connectivity index (χ3n) is 6.32. The van der Waals surface area contributed by atoms with Gasteiger partial charge in [0.1, 0.15) is 11.9 Å².